The highest BCUT2D eigenvalue weighted by molar-refractivity contribution is 8.00. The summed E-state index contributed by atoms with van der Waals surface area (Å²) in [6.07, 6.45) is 1.08. The second-order valence-corrected chi connectivity index (χ2v) is 6.34. The number of carbonyl (C=O) groups excluding carboxylic acids is 1. The van der Waals surface area contributed by atoms with E-state index in [4.69, 9.17) is 4.74 Å². The fourth-order valence-electron chi connectivity index (χ4n) is 1.42. The number of rotatable bonds is 7. The molecule has 0 fully saturated rings. The van der Waals surface area contributed by atoms with Crippen LogP contribution in [0.5, 0.6) is 5.75 Å². The van der Waals surface area contributed by atoms with Crippen molar-refractivity contribution in [1.82, 2.24) is 5.32 Å². The van der Waals surface area contributed by atoms with Crippen LogP contribution in [0.25, 0.3) is 0 Å². The van der Waals surface area contributed by atoms with Crippen LogP contribution in [0.2, 0.25) is 0 Å². The second-order valence-electron chi connectivity index (χ2n) is 4.42. The Labute approximate surface area is 124 Å². The van der Waals surface area contributed by atoms with Crippen LogP contribution in [0, 0.1) is 0 Å². The van der Waals surface area contributed by atoms with Gasteiger partial charge >= 0.3 is 0 Å². The van der Waals surface area contributed by atoms with Gasteiger partial charge in [0.25, 0.3) is 5.24 Å². The molecule has 3 nitrogen and oxygen atoms in total. The number of hydrogen-bond donors (Lipinski definition) is 2. The molecule has 0 aromatic heterocycles. The first-order chi connectivity index (χ1) is 9.01. The van der Waals surface area contributed by atoms with Gasteiger partial charge in [0.2, 0.25) is 0 Å². The minimum Gasteiger partial charge on any atom is -0.489 e. The predicted molar refractivity (Wildman–Crippen MR) is 84.5 cm³/mol. The van der Waals surface area contributed by atoms with E-state index in [2.05, 4.69) is 43.9 Å². The van der Waals surface area contributed by atoms with E-state index in [-0.39, 0.29) is 11.3 Å². The number of benzene rings is 1. The van der Waals surface area contributed by atoms with Crippen molar-refractivity contribution in [3.63, 3.8) is 0 Å². The van der Waals surface area contributed by atoms with Gasteiger partial charge < -0.3 is 10.1 Å². The van der Waals surface area contributed by atoms with Gasteiger partial charge in [0, 0.05) is 10.1 Å². The van der Waals surface area contributed by atoms with Crippen LogP contribution in [-0.4, -0.2) is 23.1 Å². The van der Waals surface area contributed by atoms with Gasteiger partial charge in [0.05, 0.1) is 6.54 Å². The molecular weight excluding hydrogens is 278 g/mol. The summed E-state index contributed by atoms with van der Waals surface area (Å²) in [5.74, 6) is 0.814. The van der Waals surface area contributed by atoms with Crippen LogP contribution in [0.15, 0.2) is 29.2 Å². The summed E-state index contributed by atoms with van der Waals surface area (Å²) in [6, 6.07) is 8.06. The van der Waals surface area contributed by atoms with Crippen LogP contribution in [-0.2, 0) is 0 Å². The first-order valence-corrected chi connectivity index (χ1v) is 7.74. The SMILES string of the molecule is CCC(C)Sc1ccc(OC(C)CNC(=O)S)cc1. The average Bonchev–Trinajstić information content (AvgIpc) is 2.38. The van der Waals surface area contributed by atoms with Gasteiger partial charge in [0.1, 0.15) is 11.9 Å². The average molecular weight is 299 g/mol. The van der Waals surface area contributed by atoms with Gasteiger partial charge in [-0.05, 0) is 37.6 Å². The Morgan fingerprint density at radius 1 is 1.37 bits per heavy atom. The van der Waals surface area contributed by atoms with Gasteiger partial charge in [0.15, 0.2) is 0 Å². The van der Waals surface area contributed by atoms with Crippen LogP contribution < -0.4 is 10.1 Å². The molecule has 5 heteroatoms. The van der Waals surface area contributed by atoms with E-state index in [1.54, 1.807) is 0 Å². The Bertz CT molecular complexity index is 395. The zero-order valence-electron chi connectivity index (χ0n) is 11.6. The van der Waals surface area contributed by atoms with Gasteiger partial charge in [-0.15, -0.1) is 11.8 Å². The molecule has 0 spiro atoms. The fourth-order valence-corrected chi connectivity index (χ4v) is 2.43. The zero-order chi connectivity index (χ0) is 14.3. The monoisotopic (exact) mass is 299 g/mol. The number of hydrogen-bond acceptors (Lipinski definition) is 3. The molecular formula is C14H21NO2S2. The molecule has 19 heavy (non-hydrogen) atoms. The highest BCUT2D eigenvalue weighted by Gasteiger charge is 2.06. The Hall–Kier alpha value is -0.810. The van der Waals surface area contributed by atoms with Crippen molar-refractivity contribution in [2.24, 2.45) is 0 Å². The van der Waals surface area contributed by atoms with Crippen LogP contribution >= 0.6 is 24.4 Å². The number of thioether (sulfide) groups is 1. The lowest BCUT2D eigenvalue weighted by Gasteiger charge is -2.15. The first kappa shape index (κ1) is 16.2. The highest BCUT2D eigenvalue weighted by atomic mass is 32.2. The third-order valence-electron chi connectivity index (χ3n) is 2.61. The Balaban J connectivity index is 2.45. The summed E-state index contributed by atoms with van der Waals surface area (Å²) in [6.45, 7) is 6.76. The Morgan fingerprint density at radius 2 is 2.00 bits per heavy atom. The smallest absolute Gasteiger partial charge is 0.276 e. The lowest BCUT2D eigenvalue weighted by Crippen LogP contribution is -2.30. The van der Waals surface area contributed by atoms with Crippen molar-refractivity contribution >= 4 is 29.6 Å². The summed E-state index contributed by atoms with van der Waals surface area (Å²) in [4.78, 5) is 11.9. The standard InChI is InChI=1S/C14H21NO2S2/c1-4-11(3)19-13-7-5-12(6-8-13)17-10(2)9-15-14(16)18/h5-8,10-11H,4,9H2,1-3H3,(H2,15,16,18). The number of carbonyl (C=O) groups is 1. The third-order valence-corrected chi connectivity index (χ3v) is 4.05. The minimum absolute atomic E-state index is 0.0795. The van der Waals surface area contributed by atoms with Gasteiger partial charge in [-0.25, -0.2) is 0 Å². The molecule has 0 aliphatic rings. The molecule has 0 saturated heterocycles. The minimum atomic E-state index is -0.337. The van der Waals surface area contributed by atoms with Gasteiger partial charge in [-0.2, -0.15) is 0 Å². The normalized spacial score (nSPS) is 13.7. The summed E-state index contributed by atoms with van der Waals surface area (Å²) < 4.78 is 5.69. The highest BCUT2D eigenvalue weighted by Crippen LogP contribution is 2.26. The van der Waals surface area contributed by atoms with E-state index < -0.39 is 0 Å². The van der Waals surface area contributed by atoms with Crippen LogP contribution in [0.3, 0.4) is 0 Å². The first-order valence-electron chi connectivity index (χ1n) is 6.41. The maximum absolute atomic E-state index is 10.7. The molecule has 1 N–H and O–H groups in total. The summed E-state index contributed by atoms with van der Waals surface area (Å²) in [7, 11) is 0. The van der Waals surface area contributed by atoms with Crippen molar-refractivity contribution in [3.8, 4) is 5.75 Å². The molecule has 0 aliphatic carbocycles. The van der Waals surface area contributed by atoms with Gasteiger partial charge in [-0.3, -0.25) is 4.79 Å². The maximum atomic E-state index is 10.7. The quantitative estimate of drug-likeness (QED) is 0.591. The van der Waals surface area contributed by atoms with Crippen molar-refractivity contribution in [3.05, 3.63) is 24.3 Å². The molecule has 1 amide bonds. The van der Waals surface area contributed by atoms with E-state index in [9.17, 15) is 4.79 Å². The van der Waals surface area contributed by atoms with Crippen molar-refractivity contribution in [2.45, 2.75) is 43.4 Å². The zero-order valence-corrected chi connectivity index (χ0v) is 13.3. The van der Waals surface area contributed by atoms with Crippen molar-refractivity contribution in [2.75, 3.05) is 6.54 Å². The van der Waals surface area contributed by atoms with E-state index in [0.717, 1.165) is 12.2 Å². The molecule has 0 heterocycles. The maximum Gasteiger partial charge on any atom is 0.276 e. The summed E-state index contributed by atoms with van der Waals surface area (Å²) in [5.41, 5.74) is 0. The molecule has 0 saturated carbocycles. The molecule has 1 aromatic carbocycles. The van der Waals surface area contributed by atoms with Crippen LogP contribution in [0.1, 0.15) is 27.2 Å². The van der Waals surface area contributed by atoms with Crippen molar-refractivity contribution < 1.29 is 9.53 Å². The number of nitrogens with one attached hydrogen (secondary N) is 1. The molecule has 2 atom stereocenters. The molecule has 0 aliphatic heterocycles. The Morgan fingerprint density at radius 3 is 2.53 bits per heavy atom. The fraction of sp³-hybridized carbons (Fsp3) is 0.500. The molecule has 0 bridgehead atoms. The topological polar surface area (TPSA) is 38.3 Å². The second kappa shape index (κ2) is 8.38. The van der Waals surface area contributed by atoms with E-state index in [1.807, 2.05) is 30.8 Å². The van der Waals surface area contributed by atoms with Crippen molar-refractivity contribution in [1.29, 1.82) is 0 Å². The largest absolute Gasteiger partial charge is 0.489 e. The molecule has 1 aromatic rings. The van der Waals surface area contributed by atoms with Crippen LogP contribution in [0.4, 0.5) is 4.79 Å². The van der Waals surface area contributed by atoms with E-state index in [0.29, 0.717) is 11.8 Å². The third kappa shape index (κ3) is 6.78. The number of thiol groups is 1. The lowest BCUT2D eigenvalue weighted by atomic mass is 10.3. The summed E-state index contributed by atoms with van der Waals surface area (Å²) >= 11 is 5.51. The number of ether oxygens (including phenoxy) is 1. The molecule has 0 radical (unpaired) electrons. The summed E-state index contributed by atoms with van der Waals surface area (Å²) in [5, 5.41) is 2.89. The van der Waals surface area contributed by atoms with Gasteiger partial charge in [-0.1, -0.05) is 26.5 Å². The predicted octanol–water partition coefficient (Wildman–Crippen LogP) is 3.98. The molecule has 1 rings (SSSR count). The molecule has 106 valence electrons. The lowest BCUT2D eigenvalue weighted by molar-refractivity contribution is 0.215. The number of amides is 1. The van der Waals surface area contributed by atoms with E-state index >= 15 is 0 Å². The Kier molecular flexibility index (Phi) is 7.16. The van der Waals surface area contributed by atoms with E-state index in [1.165, 1.54) is 4.90 Å². The molecule has 2 unspecified atom stereocenters.